The Morgan fingerprint density at radius 2 is 1.79 bits per heavy atom. The van der Waals surface area contributed by atoms with E-state index in [0.717, 1.165) is 48.7 Å². The normalized spacial score (nSPS) is 15.1. The molecule has 1 saturated heterocycles. The number of carbonyl (C=O) groups excluding carboxylic acids is 1. The molecule has 0 aliphatic carbocycles. The summed E-state index contributed by atoms with van der Waals surface area (Å²) in [5, 5.41) is 9.83. The number of aliphatic hydroxyl groups excluding tert-OH is 1. The van der Waals surface area contributed by atoms with Crippen molar-refractivity contribution in [1.29, 1.82) is 0 Å². The Morgan fingerprint density at radius 1 is 1.10 bits per heavy atom. The van der Waals surface area contributed by atoms with Crippen LogP contribution in [0.5, 0.6) is 0 Å². The van der Waals surface area contributed by atoms with E-state index in [2.05, 4.69) is 19.3 Å². The summed E-state index contributed by atoms with van der Waals surface area (Å²) in [6.07, 6.45) is 6.74. The van der Waals surface area contributed by atoms with Gasteiger partial charge in [-0.05, 0) is 38.8 Å². The number of hydrogen-bond donors (Lipinski definition) is 1. The number of anilines is 1. The summed E-state index contributed by atoms with van der Waals surface area (Å²) in [6.45, 7) is 6.96. The highest BCUT2D eigenvalue weighted by Gasteiger charge is 2.21. The molecule has 3 aromatic rings. The van der Waals surface area contributed by atoms with Crippen LogP contribution in [0.25, 0.3) is 16.9 Å². The molecule has 7 heteroatoms. The maximum Gasteiger partial charge on any atom is 0.253 e. The molecule has 3 heterocycles. The molecule has 1 N–H and O–H groups in total. The number of nitrogens with zero attached hydrogens (tertiary/aromatic N) is 5. The third-order valence-corrected chi connectivity index (χ3v) is 5.66. The van der Waals surface area contributed by atoms with E-state index < -0.39 is 0 Å². The molecular formula is C22H27N5O2. The predicted molar refractivity (Wildman–Crippen MR) is 113 cm³/mol. The van der Waals surface area contributed by atoms with Gasteiger partial charge in [0.15, 0.2) is 5.65 Å². The molecule has 1 fully saturated rings. The summed E-state index contributed by atoms with van der Waals surface area (Å²) in [6, 6.07) is 7.72. The summed E-state index contributed by atoms with van der Waals surface area (Å²) >= 11 is 0. The summed E-state index contributed by atoms with van der Waals surface area (Å²) in [7, 11) is 0. The van der Waals surface area contributed by atoms with Gasteiger partial charge >= 0.3 is 0 Å². The van der Waals surface area contributed by atoms with E-state index in [4.69, 9.17) is 0 Å². The number of amides is 1. The van der Waals surface area contributed by atoms with Crippen molar-refractivity contribution in [1.82, 2.24) is 19.3 Å². The van der Waals surface area contributed by atoms with Crippen LogP contribution in [0.4, 0.5) is 5.82 Å². The second-order valence-electron chi connectivity index (χ2n) is 7.38. The van der Waals surface area contributed by atoms with Crippen molar-refractivity contribution in [2.45, 2.75) is 32.8 Å². The van der Waals surface area contributed by atoms with Crippen molar-refractivity contribution in [2.24, 2.45) is 0 Å². The number of imidazole rings is 1. The Bertz CT molecular complexity index is 986. The number of piperidine rings is 1. The highest BCUT2D eigenvalue weighted by atomic mass is 16.3. The molecular weight excluding hydrogens is 366 g/mol. The van der Waals surface area contributed by atoms with Crippen molar-refractivity contribution < 1.29 is 9.90 Å². The van der Waals surface area contributed by atoms with Gasteiger partial charge < -0.3 is 14.9 Å². The second kappa shape index (κ2) is 8.21. The largest absolute Gasteiger partial charge is 0.393 e. The lowest BCUT2D eigenvalue weighted by atomic mass is 10.1. The van der Waals surface area contributed by atoms with Crippen LogP contribution in [0.15, 0.2) is 42.9 Å². The van der Waals surface area contributed by atoms with Crippen LogP contribution in [0.3, 0.4) is 0 Å². The van der Waals surface area contributed by atoms with Crippen molar-refractivity contribution in [3.63, 3.8) is 0 Å². The number of fused-ring (bicyclic) bond motifs is 1. The smallest absolute Gasteiger partial charge is 0.253 e. The highest BCUT2D eigenvalue weighted by molar-refractivity contribution is 5.94. The van der Waals surface area contributed by atoms with E-state index >= 15 is 0 Å². The minimum absolute atomic E-state index is 0.0523. The second-order valence-corrected chi connectivity index (χ2v) is 7.38. The summed E-state index contributed by atoms with van der Waals surface area (Å²) < 4.78 is 2.10. The molecule has 1 amide bonds. The van der Waals surface area contributed by atoms with Gasteiger partial charge in [0.2, 0.25) is 0 Å². The molecule has 152 valence electrons. The number of aliphatic hydroxyl groups is 1. The Morgan fingerprint density at radius 3 is 2.45 bits per heavy atom. The molecule has 0 radical (unpaired) electrons. The molecule has 7 nitrogen and oxygen atoms in total. The lowest BCUT2D eigenvalue weighted by Crippen LogP contribution is -2.36. The van der Waals surface area contributed by atoms with Crippen LogP contribution in [-0.4, -0.2) is 62.6 Å². The van der Waals surface area contributed by atoms with Gasteiger partial charge in [0.05, 0.1) is 30.4 Å². The van der Waals surface area contributed by atoms with Crippen LogP contribution >= 0.6 is 0 Å². The van der Waals surface area contributed by atoms with E-state index in [1.54, 1.807) is 6.20 Å². The molecule has 0 saturated carbocycles. The zero-order chi connectivity index (χ0) is 20.4. The van der Waals surface area contributed by atoms with Crippen LogP contribution in [0.1, 0.15) is 37.0 Å². The van der Waals surface area contributed by atoms with Crippen LogP contribution in [0.2, 0.25) is 0 Å². The molecule has 1 aliphatic heterocycles. The topological polar surface area (TPSA) is 74.0 Å². The van der Waals surface area contributed by atoms with E-state index in [1.807, 2.05) is 55.4 Å². The number of rotatable bonds is 5. The molecule has 0 bridgehead atoms. The van der Waals surface area contributed by atoms with E-state index in [-0.39, 0.29) is 12.0 Å². The first-order valence-corrected chi connectivity index (χ1v) is 10.3. The van der Waals surface area contributed by atoms with Gasteiger partial charge in [-0.3, -0.25) is 14.2 Å². The monoisotopic (exact) mass is 393 g/mol. The van der Waals surface area contributed by atoms with Gasteiger partial charge in [-0.1, -0.05) is 12.1 Å². The van der Waals surface area contributed by atoms with Crippen LogP contribution in [0, 0.1) is 0 Å². The average molecular weight is 393 g/mol. The third kappa shape index (κ3) is 3.70. The van der Waals surface area contributed by atoms with E-state index in [9.17, 15) is 9.90 Å². The molecule has 4 rings (SSSR count). The van der Waals surface area contributed by atoms with E-state index in [1.165, 1.54) is 0 Å². The zero-order valence-electron chi connectivity index (χ0n) is 17.0. The Balaban J connectivity index is 1.69. The maximum absolute atomic E-state index is 12.6. The Kier molecular flexibility index (Phi) is 5.49. The minimum Gasteiger partial charge on any atom is -0.393 e. The summed E-state index contributed by atoms with van der Waals surface area (Å²) in [5.74, 6) is 1.03. The molecule has 1 aliphatic rings. The van der Waals surface area contributed by atoms with Crippen molar-refractivity contribution in [3.8, 4) is 11.3 Å². The average Bonchev–Trinajstić information content (AvgIpc) is 3.19. The van der Waals surface area contributed by atoms with Gasteiger partial charge in [-0.15, -0.1) is 0 Å². The van der Waals surface area contributed by atoms with Crippen molar-refractivity contribution in [3.05, 3.63) is 48.4 Å². The zero-order valence-corrected chi connectivity index (χ0v) is 17.0. The summed E-state index contributed by atoms with van der Waals surface area (Å²) in [4.78, 5) is 25.5. The quantitative estimate of drug-likeness (QED) is 0.722. The van der Waals surface area contributed by atoms with Crippen molar-refractivity contribution in [2.75, 3.05) is 31.1 Å². The summed E-state index contributed by atoms with van der Waals surface area (Å²) in [5.41, 5.74) is 3.44. The molecule has 29 heavy (non-hydrogen) atoms. The van der Waals surface area contributed by atoms with Gasteiger partial charge in [-0.2, -0.15) is 0 Å². The van der Waals surface area contributed by atoms with Crippen LogP contribution < -0.4 is 4.90 Å². The Labute approximate surface area is 170 Å². The van der Waals surface area contributed by atoms with E-state index in [0.29, 0.717) is 18.7 Å². The van der Waals surface area contributed by atoms with Gasteiger partial charge in [-0.25, -0.2) is 4.98 Å². The third-order valence-electron chi connectivity index (χ3n) is 5.66. The lowest BCUT2D eigenvalue weighted by Gasteiger charge is -2.31. The highest BCUT2D eigenvalue weighted by Crippen LogP contribution is 2.28. The number of benzene rings is 1. The lowest BCUT2D eigenvalue weighted by molar-refractivity contribution is 0.0773. The minimum atomic E-state index is -0.225. The molecule has 0 atom stereocenters. The fourth-order valence-corrected chi connectivity index (χ4v) is 3.92. The number of aromatic nitrogens is 3. The fraction of sp³-hybridized carbons (Fsp3) is 0.409. The molecule has 0 unspecified atom stereocenters. The molecule has 0 spiro atoms. The SMILES string of the molecule is CCN(CC)C(=O)c1ccc(-c2cnc3cncc(N4CCC(O)CC4)n23)cc1. The first kappa shape index (κ1) is 19.4. The first-order valence-electron chi connectivity index (χ1n) is 10.3. The first-order chi connectivity index (χ1) is 14.1. The maximum atomic E-state index is 12.6. The van der Waals surface area contributed by atoms with Crippen LogP contribution in [-0.2, 0) is 0 Å². The van der Waals surface area contributed by atoms with Crippen molar-refractivity contribution >= 4 is 17.4 Å². The fourth-order valence-electron chi connectivity index (χ4n) is 3.92. The number of hydrogen-bond acceptors (Lipinski definition) is 5. The van der Waals surface area contributed by atoms with Gasteiger partial charge in [0, 0.05) is 37.3 Å². The van der Waals surface area contributed by atoms with Gasteiger partial charge in [0.25, 0.3) is 5.91 Å². The van der Waals surface area contributed by atoms with Gasteiger partial charge in [0.1, 0.15) is 5.82 Å². The molecule has 2 aromatic heterocycles. The standard InChI is InChI=1S/C22H27N5O2/c1-3-25(4-2)22(29)17-7-5-16(6-8-17)19-13-24-20-14-23-15-21(27(19)20)26-11-9-18(28)10-12-26/h5-8,13-15,18,28H,3-4,9-12H2,1-2H3. The predicted octanol–water partition coefficient (Wildman–Crippen LogP) is 2.84. The number of carbonyl (C=O) groups is 1. The Hall–Kier alpha value is -2.93. The molecule has 1 aromatic carbocycles.